The maximum atomic E-state index is 12.9. The number of unbranched alkanes of at least 4 members (excludes halogenated alkanes) is 9. The molecule has 0 atom stereocenters. The van der Waals surface area contributed by atoms with Gasteiger partial charge < -0.3 is 14.7 Å². The van der Waals surface area contributed by atoms with E-state index >= 15 is 0 Å². The largest absolute Gasteiger partial charge is 0.465 e. The highest BCUT2D eigenvalue weighted by Gasteiger charge is 2.23. The molecule has 11 heterocycles. The molecule has 8 bridgehead atoms. The molecule has 500 valence electrons. The summed E-state index contributed by atoms with van der Waals surface area (Å²) in [5.41, 5.74) is 20.4. The fraction of sp³-hybridized carbons (Fsp3) is 0.216. The lowest BCUT2D eigenvalue weighted by Gasteiger charge is -2.06. The number of hydrogen-bond acceptors (Lipinski definition) is 10. The smallest absolute Gasteiger partial charge is 0.337 e. The molecular formula is C88H80N4O2S6. The highest BCUT2D eigenvalue weighted by atomic mass is 32.1. The number of methoxy groups -OCH3 is 1. The van der Waals surface area contributed by atoms with Crippen LogP contribution in [0.2, 0.25) is 0 Å². The van der Waals surface area contributed by atoms with Crippen LogP contribution in [0.15, 0.2) is 194 Å². The fourth-order valence-electron chi connectivity index (χ4n) is 13.6. The van der Waals surface area contributed by atoms with Crippen molar-refractivity contribution in [1.29, 1.82) is 0 Å². The molecule has 6 nitrogen and oxygen atoms in total. The highest BCUT2D eigenvalue weighted by Crippen LogP contribution is 2.48. The Bertz CT molecular complexity index is 5140. The van der Waals surface area contributed by atoms with Crippen LogP contribution >= 0.6 is 68.0 Å². The monoisotopic (exact) mass is 1420 g/mol. The van der Waals surface area contributed by atoms with E-state index in [4.69, 9.17) is 14.7 Å². The molecule has 9 aromatic heterocycles. The topological polar surface area (TPSA) is 83.7 Å². The lowest BCUT2D eigenvalue weighted by atomic mass is 10.0. The number of rotatable bonds is 26. The second-order valence-electron chi connectivity index (χ2n) is 26.1. The Labute approximate surface area is 611 Å². The van der Waals surface area contributed by atoms with Crippen molar-refractivity contribution < 1.29 is 9.53 Å². The van der Waals surface area contributed by atoms with E-state index < -0.39 is 0 Å². The molecule has 2 aliphatic rings. The van der Waals surface area contributed by atoms with Crippen LogP contribution in [0.25, 0.3) is 149 Å². The maximum absolute atomic E-state index is 12.9. The van der Waals surface area contributed by atoms with Gasteiger partial charge in [0.2, 0.25) is 0 Å². The number of carbonyl (C=O) groups excluding carboxylic acids is 1. The second kappa shape index (κ2) is 31.0. The number of aryl methyl sites for hydroxylation is 3. The number of nitrogens with one attached hydrogen (secondary N) is 2. The molecule has 4 aromatic carbocycles. The van der Waals surface area contributed by atoms with Gasteiger partial charge in [0.25, 0.3) is 0 Å². The average Bonchev–Trinajstić information content (AvgIpc) is 1.61. The standard InChI is InChI=1S/C88H80N4O2S6/c1-5-8-11-14-17-56-20-26-59(27-21-56)72-44-47-75(95-72)78-50-53-81(98-78)85-66-38-36-64(89-66)84(62-32-34-63(35-33-62)88(93)94-4)65-37-39-67(90-65)86(82-54-51-79(99-82)76-48-45-73(96-76)60-28-22-57(23-29-60)18-15-12-9-6-2)69-41-43-71(92-69)87(70-42-40-68(85)91-70)83-55-52-80(100-83)77-49-46-74(97-77)61-30-24-58(25-31-61)19-16-13-10-7-3/h20-55,89,92H,5-19H2,1-4H3. The van der Waals surface area contributed by atoms with E-state index in [0.717, 1.165) is 107 Å². The third-order valence-electron chi connectivity index (χ3n) is 19.1. The molecule has 0 fully saturated rings. The summed E-state index contributed by atoms with van der Waals surface area (Å²) >= 11 is 10.9. The van der Waals surface area contributed by atoms with Crippen LogP contribution in [-0.4, -0.2) is 33.0 Å². The van der Waals surface area contributed by atoms with Gasteiger partial charge in [-0.3, -0.25) is 0 Å². The zero-order chi connectivity index (χ0) is 67.9. The van der Waals surface area contributed by atoms with Crippen molar-refractivity contribution in [3.63, 3.8) is 0 Å². The van der Waals surface area contributed by atoms with Crippen molar-refractivity contribution in [2.24, 2.45) is 0 Å². The van der Waals surface area contributed by atoms with Crippen LogP contribution in [0, 0.1) is 0 Å². The van der Waals surface area contributed by atoms with Gasteiger partial charge in [-0.1, -0.05) is 163 Å². The number of carbonyl (C=O) groups is 1. The molecule has 13 aromatic rings. The highest BCUT2D eigenvalue weighted by molar-refractivity contribution is 7.26. The van der Waals surface area contributed by atoms with Gasteiger partial charge in [-0.25, -0.2) is 14.8 Å². The van der Waals surface area contributed by atoms with E-state index in [1.54, 1.807) is 22.7 Å². The van der Waals surface area contributed by atoms with Gasteiger partial charge in [-0.05, 0) is 211 Å². The number of nitrogens with zero attached hydrogens (tertiary/aromatic N) is 2. The molecule has 0 radical (unpaired) electrons. The van der Waals surface area contributed by atoms with E-state index in [0.29, 0.717) is 5.56 Å². The molecule has 2 N–H and O–H groups in total. The first-order chi connectivity index (χ1) is 49.2. The molecule has 0 aliphatic carbocycles. The lowest BCUT2D eigenvalue weighted by molar-refractivity contribution is 0.0600. The Morgan fingerprint density at radius 2 is 0.570 bits per heavy atom. The number of fused-ring (bicyclic) bond motifs is 8. The molecule has 0 spiro atoms. The summed E-state index contributed by atoms with van der Waals surface area (Å²) in [5, 5.41) is 0. The third-order valence-corrected chi connectivity index (χ3v) is 26.4. The normalized spacial score (nSPS) is 12.0. The predicted octanol–water partition coefficient (Wildman–Crippen LogP) is 27.8. The Hall–Kier alpha value is -8.85. The van der Waals surface area contributed by atoms with Crippen molar-refractivity contribution in [3.05, 3.63) is 239 Å². The molecule has 0 saturated heterocycles. The number of hydrogen-bond donors (Lipinski definition) is 2. The first-order valence-electron chi connectivity index (χ1n) is 35.5. The molecule has 2 aliphatic heterocycles. The molecule has 0 saturated carbocycles. The van der Waals surface area contributed by atoms with Crippen molar-refractivity contribution in [2.75, 3.05) is 7.11 Å². The zero-order valence-corrected chi connectivity index (χ0v) is 62.0. The number of benzene rings is 4. The van der Waals surface area contributed by atoms with Crippen LogP contribution < -0.4 is 0 Å². The Kier molecular flexibility index (Phi) is 20.7. The summed E-state index contributed by atoms with van der Waals surface area (Å²) in [6.45, 7) is 6.82. The van der Waals surface area contributed by atoms with E-state index in [1.165, 1.54) is 161 Å². The van der Waals surface area contributed by atoms with Gasteiger partial charge in [-0.2, -0.15) is 0 Å². The molecule has 0 amide bonds. The van der Waals surface area contributed by atoms with Gasteiger partial charge in [0, 0.05) is 103 Å². The van der Waals surface area contributed by atoms with Gasteiger partial charge in [0.1, 0.15) is 0 Å². The van der Waals surface area contributed by atoms with E-state index in [-0.39, 0.29) is 5.97 Å². The number of H-pyrrole nitrogens is 2. The van der Waals surface area contributed by atoms with Gasteiger partial charge >= 0.3 is 5.97 Å². The van der Waals surface area contributed by atoms with E-state index in [1.807, 2.05) is 69.6 Å². The Morgan fingerprint density at radius 1 is 0.300 bits per heavy atom. The number of aromatic nitrogens is 4. The summed E-state index contributed by atoms with van der Waals surface area (Å²) in [7, 11) is 1.42. The number of ether oxygens (including phenoxy) is 1. The first-order valence-corrected chi connectivity index (χ1v) is 40.4. The zero-order valence-electron chi connectivity index (χ0n) is 57.1. The SMILES string of the molecule is CCCCCCc1ccc(-c2ccc(-c3ccc(-c4c5nc(c(-c6ccc(-c7ccc(-c8ccc(CCCCCC)cc8)s7)s6)c6ccc([nH]6)c(-c6ccc(-c7ccc(-c8ccc(CCCCCC)cc8)s7)s6)c6nc(c(-c7ccc(C(=O)OC)cc7)c7ccc4[nH]7)C=C6)C=C5)s3)s2)cc1. The van der Waals surface area contributed by atoms with Crippen molar-refractivity contribution in [1.82, 2.24) is 19.9 Å². The quantitative estimate of drug-likeness (QED) is 0.0418. The Morgan fingerprint density at radius 3 is 0.880 bits per heavy atom. The van der Waals surface area contributed by atoms with Crippen LogP contribution in [0.5, 0.6) is 0 Å². The van der Waals surface area contributed by atoms with Crippen LogP contribution in [0.1, 0.15) is 148 Å². The molecular weight excluding hydrogens is 1340 g/mol. The van der Waals surface area contributed by atoms with Crippen molar-refractivity contribution in [2.45, 2.75) is 117 Å². The third kappa shape index (κ3) is 14.7. The maximum Gasteiger partial charge on any atom is 0.337 e. The number of aromatic amines is 2. The van der Waals surface area contributed by atoms with Crippen LogP contribution in [-0.2, 0) is 24.0 Å². The minimum absolute atomic E-state index is 0.385. The summed E-state index contributed by atoms with van der Waals surface area (Å²) in [5.74, 6) is -0.385. The summed E-state index contributed by atoms with van der Waals surface area (Å²) in [6, 6.07) is 71.5. The predicted molar refractivity (Wildman–Crippen MR) is 435 cm³/mol. The number of esters is 1. The van der Waals surface area contributed by atoms with E-state index in [9.17, 15) is 4.79 Å². The molecule has 12 heteroatoms. The van der Waals surface area contributed by atoms with Gasteiger partial charge in [-0.15, -0.1) is 68.0 Å². The van der Waals surface area contributed by atoms with Crippen molar-refractivity contribution in [3.8, 4) is 103 Å². The van der Waals surface area contributed by atoms with Crippen molar-refractivity contribution >= 4 is 120 Å². The van der Waals surface area contributed by atoms with Gasteiger partial charge in [0.15, 0.2) is 0 Å². The van der Waals surface area contributed by atoms with Crippen LogP contribution in [0.4, 0.5) is 0 Å². The summed E-state index contributed by atoms with van der Waals surface area (Å²) in [4.78, 5) is 46.8. The second-order valence-corrected chi connectivity index (χ2v) is 32.6. The van der Waals surface area contributed by atoms with Gasteiger partial charge in [0.05, 0.1) is 35.4 Å². The fourth-order valence-corrected chi connectivity index (χ4v) is 20.2. The minimum atomic E-state index is -0.385. The average molecular weight is 1420 g/mol. The van der Waals surface area contributed by atoms with E-state index in [2.05, 4.69) is 225 Å². The molecule has 15 rings (SSSR count). The lowest BCUT2D eigenvalue weighted by Crippen LogP contribution is -2.00. The molecule has 0 unspecified atom stereocenters. The molecule has 100 heavy (non-hydrogen) atoms. The number of thiophene rings is 6. The first kappa shape index (κ1) is 67.0. The Balaban J connectivity index is 0.872. The minimum Gasteiger partial charge on any atom is -0.465 e. The summed E-state index contributed by atoms with van der Waals surface area (Å²) < 4.78 is 5.18. The van der Waals surface area contributed by atoms with Crippen LogP contribution in [0.3, 0.4) is 0 Å². The summed E-state index contributed by atoms with van der Waals surface area (Å²) in [6.07, 6.45) is 27.3.